The van der Waals surface area contributed by atoms with Gasteiger partial charge >= 0.3 is 5.97 Å². The lowest BCUT2D eigenvalue weighted by Crippen LogP contribution is -2.40. The van der Waals surface area contributed by atoms with Crippen LogP contribution in [0.5, 0.6) is 0 Å². The number of carbonyl (C=O) groups excluding carboxylic acids is 1. The van der Waals surface area contributed by atoms with Crippen molar-refractivity contribution in [2.45, 2.75) is 39.0 Å². The number of hydrogen-bond acceptors (Lipinski definition) is 3. The van der Waals surface area contributed by atoms with Gasteiger partial charge in [0.15, 0.2) is 0 Å². The number of hydrogen-bond donors (Lipinski definition) is 1. The standard InChI is InChI=1S/C15H21NO3S/c1-2-12-7-9-20-14(12)15(19)16-8-3-4-11(10-16)5-6-13(17)18/h7,9,11H,2-6,8,10H2,1H3,(H,17,18)/t11-/m1/s1. The minimum absolute atomic E-state index is 0.122. The van der Waals surface area contributed by atoms with E-state index in [1.165, 1.54) is 11.3 Å². The molecule has 1 aliphatic rings. The van der Waals surface area contributed by atoms with Crippen LogP contribution in [0, 0.1) is 5.92 Å². The molecule has 0 unspecified atom stereocenters. The van der Waals surface area contributed by atoms with Crippen molar-refractivity contribution in [3.05, 3.63) is 21.9 Å². The van der Waals surface area contributed by atoms with Crippen LogP contribution in [0.2, 0.25) is 0 Å². The molecule has 1 atom stereocenters. The molecule has 1 fully saturated rings. The molecule has 1 aromatic rings. The highest BCUT2D eigenvalue weighted by atomic mass is 32.1. The van der Waals surface area contributed by atoms with Gasteiger partial charge in [0, 0.05) is 19.5 Å². The van der Waals surface area contributed by atoms with Crippen molar-refractivity contribution >= 4 is 23.2 Å². The van der Waals surface area contributed by atoms with E-state index in [4.69, 9.17) is 5.11 Å². The minimum atomic E-state index is -0.750. The number of carbonyl (C=O) groups is 2. The van der Waals surface area contributed by atoms with Gasteiger partial charge in [0.1, 0.15) is 0 Å². The first-order chi connectivity index (χ1) is 9.61. The summed E-state index contributed by atoms with van der Waals surface area (Å²) < 4.78 is 0. The Bertz CT molecular complexity index is 483. The van der Waals surface area contributed by atoms with E-state index in [1.54, 1.807) is 0 Å². The van der Waals surface area contributed by atoms with Crippen molar-refractivity contribution in [3.63, 3.8) is 0 Å². The zero-order chi connectivity index (χ0) is 14.5. The van der Waals surface area contributed by atoms with Crippen molar-refractivity contribution in [2.75, 3.05) is 13.1 Å². The summed E-state index contributed by atoms with van der Waals surface area (Å²) in [5.41, 5.74) is 1.12. The van der Waals surface area contributed by atoms with Crippen LogP contribution in [0.4, 0.5) is 0 Å². The molecule has 0 saturated carbocycles. The van der Waals surface area contributed by atoms with Gasteiger partial charge in [-0.3, -0.25) is 9.59 Å². The molecule has 1 saturated heterocycles. The lowest BCUT2D eigenvalue weighted by Gasteiger charge is -2.32. The average Bonchev–Trinajstić information content (AvgIpc) is 2.93. The number of likely N-dealkylation sites (tertiary alicyclic amines) is 1. The number of amides is 1. The summed E-state index contributed by atoms with van der Waals surface area (Å²) in [7, 11) is 0. The third-order valence-corrected chi connectivity index (χ3v) is 4.84. The molecule has 20 heavy (non-hydrogen) atoms. The summed E-state index contributed by atoms with van der Waals surface area (Å²) in [6, 6.07) is 2.02. The maximum absolute atomic E-state index is 12.5. The Kier molecular flexibility index (Phi) is 5.17. The number of piperidine rings is 1. The molecular formula is C15H21NO3S. The van der Waals surface area contributed by atoms with Gasteiger partial charge in [-0.2, -0.15) is 0 Å². The number of aliphatic carboxylic acids is 1. The Morgan fingerprint density at radius 3 is 3.00 bits per heavy atom. The summed E-state index contributed by atoms with van der Waals surface area (Å²) in [6.45, 7) is 3.56. The summed E-state index contributed by atoms with van der Waals surface area (Å²) in [5.74, 6) is -0.300. The molecule has 0 aromatic carbocycles. The zero-order valence-electron chi connectivity index (χ0n) is 11.8. The molecule has 1 amide bonds. The first-order valence-electron chi connectivity index (χ1n) is 7.19. The Balaban J connectivity index is 1.98. The van der Waals surface area contributed by atoms with Gasteiger partial charge in [-0.1, -0.05) is 6.92 Å². The summed E-state index contributed by atoms with van der Waals surface area (Å²) in [6.07, 6.45) is 3.75. The fourth-order valence-electron chi connectivity index (χ4n) is 2.76. The SMILES string of the molecule is CCc1ccsc1C(=O)N1CCC[C@H](CCC(=O)O)C1. The van der Waals surface area contributed by atoms with Gasteiger partial charge < -0.3 is 10.0 Å². The molecule has 4 nitrogen and oxygen atoms in total. The normalized spacial score (nSPS) is 19.1. The van der Waals surface area contributed by atoms with E-state index in [9.17, 15) is 9.59 Å². The highest BCUT2D eigenvalue weighted by Gasteiger charge is 2.26. The van der Waals surface area contributed by atoms with Gasteiger partial charge in [0.25, 0.3) is 5.91 Å². The Hall–Kier alpha value is -1.36. The second kappa shape index (κ2) is 6.88. The second-order valence-corrected chi connectivity index (χ2v) is 6.24. The predicted octanol–water partition coefficient (Wildman–Crippen LogP) is 3.03. The fraction of sp³-hybridized carbons (Fsp3) is 0.600. The summed E-state index contributed by atoms with van der Waals surface area (Å²) in [4.78, 5) is 25.9. The molecular weight excluding hydrogens is 274 g/mol. The van der Waals surface area contributed by atoms with E-state index in [1.807, 2.05) is 16.3 Å². The van der Waals surface area contributed by atoms with E-state index in [0.717, 1.165) is 36.2 Å². The molecule has 2 heterocycles. The van der Waals surface area contributed by atoms with Crippen molar-refractivity contribution in [1.29, 1.82) is 0 Å². The molecule has 5 heteroatoms. The molecule has 0 bridgehead atoms. The number of nitrogens with zero attached hydrogens (tertiary/aromatic N) is 1. The van der Waals surface area contributed by atoms with E-state index < -0.39 is 5.97 Å². The lowest BCUT2D eigenvalue weighted by molar-refractivity contribution is -0.137. The molecule has 2 rings (SSSR count). The van der Waals surface area contributed by atoms with Crippen LogP contribution in [-0.4, -0.2) is 35.0 Å². The first-order valence-corrected chi connectivity index (χ1v) is 8.07. The molecule has 0 aliphatic carbocycles. The molecule has 1 N–H and O–H groups in total. The van der Waals surface area contributed by atoms with Crippen LogP contribution in [0.1, 0.15) is 47.8 Å². The van der Waals surface area contributed by atoms with Crippen molar-refractivity contribution in [3.8, 4) is 0 Å². The Morgan fingerprint density at radius 2 is 2.30 bits per heavy atom. The number of rotatable bonds is 5. The Labute approximate surface area is 123 Å². The maximum Gasteiger partial charge on any atom is 0.303 e. The van der Waals surface area contributed by atoms with Crippen LogP contribution in [0.15, 0.2) is 11.4 Å². The minimum Gasteiger partial charge on any atom is -0.481 e. The zero-order valence-corrected chi connectivity index (χ0v) is 12.6. The number of thiophene rings is 1. The topological polar surface area (TPSA) is 57.6 Å². The predicted molar refractivity (Wildman–Crippen MR) is 79.2 cm³/mol. The Morgan fingerprint density at radius 1 is 1.50 bits per heavy atom. The summed E-state index contributed by atoms with van der Waals surface area (Å²) >= 11 is 1.51. The van der Waals surface area contributed by atoms with Gasteiger partial charge in [-0.15, -0.1) is 11.3 Å². The van der Waals surface area contributed by atoms with Gasteiger partial charge in [-0.25, -0.2) is 0 Å². The van der Waals surface area contributed by atoms with Gasteiger partial charge in [-0.05, 0) is 48.6 Å². The van der Waals surface area contributed by atoms with Crippen molar-refractivity contribution in [2.24, 2.45) is 5.92 Å². The van der Waals surface area contributed by atoms with Gasteiger partial charge in [0.05, 0.1) is 4.88 Å². The smallest absolute Gasteiger partial charge is 0.303 e. The second-order valence-electron chi connectivity index (χ2n) is 5.32. The van der Waals surface area contributed by atoms with Gasteiger partial charge in [0.2, 0.25) is 0 Å². The molecule has 1 aliphatic heterocycles. The van der Waals surface area contributed by atoms with E-state index in [-0.39, 0.29) is 12.3 Å². The third kappa shape index (κ3) is 3.60. The summed E-state index contributed by atoms with van der Waals surface area (Å²) in [5, 5.41) is 10.7. The number of carboxylic acids is 1. The number of carboxylic acid groups (broad SMARTS) is 1. The van der Waals surface area contributed by atoms with Crippen LogP contribution >= 0.6 is 11.3 Å². The van der Waals surface area contributed by atoms with Crippen LogP contribution in [0.3, 0.4) is 0 Å². The average molecular weight is 295 g/mol. The monoisotopic (exact) mass is 295 g/mol. The fourth-order valence-corrected chi connectivity index (χ4v) is 3.72. The lowest BCUT2D eigenvalue weighted by atomic mass is 9.93. The number of aryl methyl sites for hydroxylation is 1. The molecule has 1 aromatic heterocycles. The van der Waals surface area contributed by atoms with E-state index in [2.05, 4.69) is 6.92 Å². The molecule has 110 valence electrons. The molecule has 0 radical (unpaired) electrons. The van der Waals surface area contributed by atoms with Crippen LogP contribution in [0.25, 0.3) is 0 Å². The quantitative estimate of drug-likeness (QED) is 0.908. The van der Waals surface area contributed by atoms with Crippen molar-refractivity contribution < 1.29 is 14.7 Å². The van der Waals surface area contributed by atoms with Crippen molar-refractivity contribution in [1.82, 2.24) is 4.90 Å². The maximum atomic E-state index is 12.5. The molecule has 0 spiro atoms. The third-order valence-electron chi connectivity index (χ3n) is 3.89. The van der Waals surface area contributed by atoms with Crippen LogP contribution in [-0.2, 0) is 11.2 Å². The first kappa shape index (κ1) is 15.0. The highest BCUT2D eigenvalue weighted by Crippen LogP contribution is 2.25. The van der Waals surface area contributed by atoms with E-state index >= 15 is 0 Å². The highest BCUT2D eigenvalue weighted by molar-refractivity contribution is 7.12. The van der Waals surface area contributed by atoms with Crippen LogP contribution < -0.4 is 0 Å². The van der Waals surface area contributed by atoms with E-state index in [0.29, 0.717) is 18.9 Å². The largest absolute Gasteiger partial charge is 0.481 e.